The molecule has 6 nitrogen and oxygen atoms in total. The summed E-state index contributed by atoms with van der Waals surface area (Å²) in [6, 6.07) is 15.9. The highest BCUT2D eigenvalue weighted by Gasteiger charge is 2.63. The normalized spacial score (nSPS) is 17.3. The zero-order valence-corrected chi connectivity index (χ0v) is 17.8. The second-order valence-electron chi connectivity index (χ2n) is 7.59. The molecule has 0 radical (unpaired) electrons. The molecule has 172 valence electrons. The molecule has 1 unspecified atom stereocenters. The summed E-state index contributed by atoms with van der Waals surface area (Å²) in [6.07, 6.45) is -4.50. The van der Waals surface area contributed by atoms with E-state index < -0.39 is 17.7 Å². The fraction of sp³-hybridized carbons (Fsp3) is 0.391. The smallest absolute Gasteiger partial charge is 0.356 e. The highest BCUT2D eigenvalue weighted by atomic mass is 19.4. The maximum absolute atomic E-state index is 14.2. The lowest BCUT2D eigenvalue weighted by Gasteiger charge is -2.37. The van der Waals surface area contributed by atoms with Crippen molar-refractivity contribution < 1.29 is 27.5 Å². The topological polar surface area (TPSA) is 61.9 Å². The van der Waals surface area contributed by atoms with E-state index >= 15 is 0 Å². The lowest BCUT2D eigenvalue weighted by atomic mass is 9.91. The molecule has 0 saturated carbocycles. The van der Waals surface area contributed by atoms with E-state index in [4.69, 9.17) is 4.74 Å². The summed E-state index contributed by atoms with van der Waals surface area (Å²) in [5.41, 5.74) is -2.67. The molecule has 0 bridgehead atoms. The molecule has 32 heavy (non-hydrogen) atoms. The second kappa shape index (κ2) is 10.1. The third-order valence-electron chi connectivity index (χ3n) is 5.49. The van der Waals surface area contributed by atoms with E-state index in [1.807, 2.05) is 11.0 Å². The third-order valence-corrected chi connectivity index (χ3v) is 5.49. The number of anilines is 1. The number of carbonyl (C=O) groups excluding carboxylic acids is 2. The molecule has 2 aromatic carbocycles. The number of methoxy groups -OCH3 is 1. The average molecular weight is 449 g/mol. The molecule has 1 fully saturated rings. The lowest BCUT2D eigenvalue weighted by Crippen LogP contribution is -2.57. The van der Waals surface area contributed by atoms with E-state index in [1.165, 1.54) is 29.2 Å². The van der Waals surface area contributed by atoms with Crippen LogP contribution in [0.15, 0.2) is 60.7 Å². The number of nitrogens with one attached hydrogen (secondary N) is 1. The Balaban J connectivity index is 1.70. The van der Waals surface area contributed by atoms with Gasteiger partial charge in [0.1, 0.15) is 0 Å². The van der Waals surface area contributed by atoms with E-state index in [0.29, 0.717) is 18.7 Å². The maximum atomic E-state index is 14.2. The first-order valence-corrected chi connectivity index (χ1v) is 10.3. The monoisotopic (exact) mass is 449 g/mol. The summed E-state index contributed by atoms with van der Waals surface area (Å²) in [5.74, 6) is -1.36. The number of benzene rings is 2. The number of para-hydroxylation sites is 1. The van der Waals surface area contributed by atoms with Crippen LogP contribution in [0.1, 0.15) is 12.0 Å². The van der Waals surface area contributed by atoms with Crippen molar-refractivity contribution in [1.82, 2.24) is 9.80 Å². The number of hydrogen-bond acceptors (Lipinski definition) is 4. The summed E-state index contributed by atoms with van der Waals surface area (Å²) in [7, 11) is 0.899. The molecule has 1 aliphatic heterocycles. The van der Waals surface area contributed by atoms with Gasteiger partial charge in [0.15, 0.2) is 0 Å². The quantitative estimate of drug-likeness (QED) is 0.736. The predicted octanol–water partition coefficient (Wildman–Crippen LogP) is 3.26. The Morgan fingerprint density at radius 2 is 1.56 bits per heavy atom. The summed E-state index contributed by atoms with van der Waals surface area (Å²) >= 11 is 0. The molecular weight excluding hydrogens is 423 g/mol. The van der Waals surface area contributed by atoms with E-state index in [9.17, 15) is 22.8 Å². The second-order valence-corrected chi connectivity index (χ2v) is 7.59. The number of carbonyl (C=O) groups is 2. The van der Waals surface area contributed by atoms with Gasteiger partial charge in [-0.1, -0.05) is 48.5 Å². The lowest BCUT2D eigenvalue weighted by molar-refractivity contribution is -0.270. The summed E-state index contributed by atoms with van der Waals surface area (Å²) < 4.78 is 47.5. The first-order chi connectivity index (χ1) is 15.3. The molecule has 1 aliphatic rings. The van der Waals surface area contributed by atoms with Gasteiger partial charge in [0.2, 0.25) is 5.91 Å². The van der Waals surface area contributed by atoms with Crippen LogP contribution >= 0.6 is 0 Å². The third kappa shape index (κ3) is 5.11. The van der Waals surface area contributed by atoms with Crippen molar-refractivity contribution in [2.24, 2.45) is 0 Å². The Labute approximate surface area is 184 Å². The van der Waals surface area contributed by atoms with Crippen LogP contribution in [0.2, 0.25) is 0 Å². The zero-order chi connectivity index (χ0) is 23.2. The molecule has 0 spiro atoms. The minimum Gasteiger partial charge on any atom is -0.356 e. The molecule has 3 rings (SSSR count). The highest BCUT2D eigenvalue weighted by molar-refractivity contribution is 5.92. The number of rotatable bonds is 6. The molecule has 1 saturated heterocycles. The predicted molar refractivity (Wildman–Crippen MR) is 114 cm³/mol. The van der Waals surface area contributed by atoms with Gasteiger partial charge in [0.05, 0.1) is 6.54 Å². The van der Waals surface area contributed by atoms with Gasteiger partial charge in [-0.3, -0.25) is 14.5 Å². The van der Waals surface area contributed by atoms with Crippen molar-refractivity contribution in [2.75, 3.05) is 45.2 Å². The van der Waals surface area contributed by atoms with Gasteiger partial charge in [-0.2, -0.15) is 13.2 Å². The van der Waals surface area contributed by atoms with E-state index in [1.54, 1.807) is 30.3 Å². The van der Waals surface area contributed by atoms with Crippen LogP contribution in [0.5, 0.6) is 0 Å². The van der Waals surface area contributed by atoms with Crippen LogP contribution in [-0.2, 0) is 19.9 Å². The van der Waals surface area contributed by atoms with Crippen LogP contribution in [-0.4, -0.2) is 67.6 Å². The van der Waals surface area contributed by atoms with Crippen molar-refractivity contribution >= 4 is 17.5 Å². The molecule has 1 N–H and O–H groups in total. The molecule has 1 heterocycles. The maximum Gasteiger partial charge on any atom is 0.430 e. The van der Waals surface area contributed by atoms with E-state index in [2.05, 4.69) is 5.32 Å². The average Bonchev–Trinajstić information content (AvgIpc) is 3.00. The fourth-order valence-corrected chi connectivity index (χ4v) is 3.88. The van der Waals surface area contributed by atoms with Gasteiger partial charge in [-0.25, -0.2) is 0 Å². The van der Waals surface area contributed by atoms with E-state index in [0.717, 1.165) is 7.11 Å². The van der Waals surface area contributed by atoms with Gasteiger partial charge in [-0.15, -0.1) is 0 Å². The van der Waals surface area contributed by atoms with Crippen LogP contribution in [0.4, 0.5) is 18.9 Å². The van der Waals surface area contributed by atoms with Crippen molar-refractivity contribution in [3.05, 3.63) is 66.2 Å². The van der Waals surface area contributed by atoms with Crippen molar-refractivity contribution in [3.63, 3.8) is 0 Å². The minimum absolute atomic E-state index is 0.0610. The van der Waals surface area contributed by atoms with Crippen LogP contribution in [0, 0.1) is 0 Å². The van der Waals surface area contributed by atoms with Gasteiger partial charge >= 0.3 is 6.18 Å². The van der Waals surface area contributed by atoms with Crippen molar-refractivity contribution in [1.29, 1.82) is 0 Å². The van der Waals surface area contributed by atoms with Crippen molar-refractivity contribution in [3.8, 4) is 0 Å². The number of halogens is 3. The van der Waals surface area contributed by atoms with E-state index in [-0.39, 0.29) is 37.6 Å². The molecule has 2 aromatic rings. The SMILES string of the molecule is COC(C(=O)N1CCCN(CC(=O)Nc2ccccc2)CC1)(c1ccccc1)C(F)(F)F. The number of nitrogens with zero attached hydrogens (tertiary/aromatic N) is 2. The number of ether oxygens (including phenoxy) is 1. The number of hydrogen-bond donors (Lipinski definition) is 1. The Kier molecular flexibility index (Phi) is 7.52. The molecule has 9 heteroatoms. The Morgan fingerprint density at radius 1 is 0.938 bits per heavy atom. The number of alkyl halides is 3. The molecule has 1 atom stereocenters. The van der Waals surface area contributed by atoms with Crippen molar-refractivity contribution in [2.45, 2.75) is 18.2 Å². The van der Waals surface area contributed by atoms with Gasteiger partial charge < -0.3 is 15.0 Å². The first-order valence-electron chi connectivity index (χ1n) is 10.3. The fourth-order valence-electron chi connectivity index (χ4n) is 3.88. The largest absolute Gasteiger partial charge is 0.430 e. The highest BCUT2D eigenvalue weighted by Crippen LogP contribution is 2.43. The molecule has 2 amide bonds. The summed E-state index contributed by atoms with van der Waals surface area (Å²) in [5, 5.41) is 2.79. The van der Waals surface area contributed by atoms with Crippen LogP contribution in [0.25, 0.3) is 0 Å². The molecule has 0 aromatic heterocycles. The van der Waals surface area contributed by atoms with Gasteiger partial charge in [0, 0.05) is 44.5 Å². The first kappa shape index (κ1) is 23.7. The summed E-state index contributed by atoms with van der Waals surface area (Å²) in [4.78, 5) is 28.5. The molecule has 0 aliphatic carbocycles. The standard InChI is InChI=1S/C23H26F3N3O3/c1-32-22(23(24,25)26,18-9-4-2-5-10-18)21(31)29-14-8-13-28(15-16-29)17-20(30)27-19-11-6-3-7-12-19/h2-7,9-12H,8,13-17H2,1H3,(H,27,30). The van der Waals surface area contributed by atoms with Gasteiger partial charge in [-0.05, 0) is 18.6 Å². The van der Waals surface area contributed by atoms with Crippen LogP contribution < -0.4 is 5.32 Å². The molecular formula is C23H26F3N3O3. The minimum atomic E-state index is -4.94. The zero-order valence-electron chi connectivity index (χ0n) is 17.8. The number of amides is 2. The summed E-state index contributed by atoms with van der Waals surface area (Å²) in [6.45, 7) is 1.06. The Bertz CT molecular complexity index is 909. The Hall–Kier alpha value is -2.91. The Morgan fingerprint density at radius 3 is 2.16 bits per heavy atom. The van der Waals surface area contributed by atoms with Gasteiger partial charge in [0.25, 0.3) is 11.5 Å². The van der Waals surface area contributed by atoms with Crippen LogP contribution in [0.3, 0.4) is 0 Å².